The molecule has 2 heterocycles. The number of nitrogens with one attached hydrogen (secondary N) is 2. The number of para-hydroxylation sites is 1. The molecule has 0 radical (unpaired) electrons. The summed E-state index contributed by atoms with van der Waals surface area (Å²) in [4.78, 5) is 19.5. The summed E-state index contributed by atoms with van der Waals surface area (Å²) in [5.74, 6) is 1.31. The zero-order valence-electron chi connectivity index (χ0n) is 18.9. The minimum absolute atomic E-state index is 0.0864. The number of aromatic nitrogens is 3. The molecule has 1 aliphatic carbocycles. The smallest absolute Gasteiger partial charge is 0.251 e. The largest absolute Gasteiger partial charge is 0.377 e. The van der Waals surface area contributed by atoms with Gasteiger partial charge in [0.15, 0.2) is 0 Å². The van der Waals surface area contributed by atoms with Crippen LogP contribution in [0.2, 0.25) is 0 Å². The van der Waals surface area contributed by atoms with E-state index in [1.165, 1.54) is 5.69 Å². The van der Waals surface area contributed by atoms with E-state index in [9.17, 15) is 4.79 Å². The number of nitrogens with zero attached hydrogens (tertiary/aromatic N) is 4. The summed E-state index contributed by atoms with van der Waals surface area (Å²) in [6.07, 6.45) is 4.25. The van der Waals surface area contributed by atoms with Crippen molar-refractivity contribution in [3.63, 3.8) is 0 Å². The van der Waals surface area contributed by atoms with Gasteiger partial charge in [0.25, 0.3) is 5.91 Å². The average molecular weight is 445 g/mol. The third-order valence-electron chi connectivity index (χ3n) is 6.44. The molecule has 1 amide bonds. The quantitative estimate of drug-likeness (QED) is 0.459. The molecule has 0 saturated heterocycles. The van der Waals surface area contributed by atoms with E-state index in [-0.39, 0.29) is 5.91 Å². The van der Waals surface area contributed by atoms with Crippen LogP contribution in [0.3, 0.4) is 0 Å². The van der Waals surface area contributed by atoms with E-state index in [0.29, 0.717) is 35.1 Å². The molecule has 4 aromatic rings. The van der Waals surface area contributed by atoms with Crippen molar-refractivity contribution in [1.29, 1.82) is 0 Å². The fourth-order valence-corrected chi connectivity index (χ4v) is 4.58. The third kappa shape index (κ3) is 4.60. The number of carbonyl (C=O) groups excluding carboxylic acids is 1. The highest BCUT2D eigenvalue weighted by Gasteiger charge is 2.22. The van der Waals surface area contributed by atoms with Gasteiger partial charge in [0.2, 0.25) is 0 Å². The number of fused-ring (bicyclic) bond motifs is 2. The molecule has 2 aromatic carbocycles. The highest BCUT2D eigenvalue weighted by Crippen LogP contribution is 2.30. The molecule has 1 saturated carbocycles. The molecule has 0 bridgehead atoms. The van der Waals surface area contributed by atoms with E-state index < -0.39 is 0 Å². The number of pyridine rings is 1. The van der Waals surface area contributed by atoms with Crippen LogP contribution in [0.5, 0.6) is 0 Å². The minimum atomic E-state index is -0.0864. The second-order valence-corrected chi connectivity index (χ2v) is 8.98. The average Bonchev–Trinajstić information content (AvgIpc) is 3.31. The van der Waals surface area contributed by atoms with E-state index in [0.717, 1.165) is 42.4 Å². The summed E-state index contributed by atoms with van der Waals surface area (Å²) in [5, 5.41) is 15.5. The molecule has 1 fully saturated rings. The lowest BCUT2D eigenvalue weighted by molar-refractivity contribution is 0.0943. The van der Waals surface area contributed by atoms with E-state index in [2.05, 4.69) is 58.1 Å². The number of hydrogen-bond donors (Lipinski definition) is 2. The van der Waals surface area contributed by atoms with Gasteiger partial charge in [-0.1, -0.05) is 18.2 Å². The predicted octanol–water partition coefficient (Wildman–Crippen LogP) is 4.24. The van der Waals surface area contributed by atoms with Gasteiger partial charge in [0, 0.05) is 49.4 Å². The number of amides is 1. The van der Waals surface area contributed by atoms with Crippen LogP contribution in [0.15, 0.2) is 53.2 Å². The van der Waals surface area contributed by atoms with Crippen LogP contribution in [0.25, 0.3) is 21.9 Å². The summed E-state index contributed by atoms with van der Waals surface area (Å²) >= 11 is 0. The minimum Gasteiger partial charge on any atom is -0.377 e. The molecule has 2 N–H and O–H groups in total. The fourth-order valence-electron chi connectivity index (χ4n) is 4.58. The maximum absolute atomic E-state index is 12.5. The first-order valence-corrected chi connectivity index (χ1v) is 11.4. The van der Waals surface area contributed by atoms with Crippen molar-refractivity contribution in [2.75, 3.05) is 30.9 Å². The molecular weight excluding hydrogens is 416 g/mol. The molecule has 5 rings (SSSR count). The van der Waals surface area contributed by atoms with Crippen LogP contribution < -0.4 is 15.5 Å². The van der Waals surface area contributed by atoms with Gasteiger partial charge in [-0.15, -0.1) is 0 Å². The van der Waals surface area contributed by atoms with Gasteiger partial charge in [0.05, 0.1) is 5.52 Å². The summed E-state index contributed by atoms with van der Waals surface area (Å²) in [6, 6.07) is 16.0. The Kier molecular flexibility index (Phi) is 5.81. The Balaban J connectivity index is 1.15. The lowest BCUT2D eigenvalue weighted by atomic mass is 9.86. The van der Waals surface area contributed by atoms with E-state index in [1.807, 2.05) is 12.1 Å². The van der Waals surface area contributed by atoms with Crippen LogP contribution in [-0.4, -0.2) is 47.9 Å². The highest BCUT2D eigenvalue weighted by molar-refractivity contribution is 5.97. The molecule has 8 nitrogen and oxygen atoms in total. The molecule has 170 valence electrons. The van der Waals surface area contributed by atoms with Gasteiger partial charge in [-0.05, 0) is 66.2 Å². The Labute approximate surface area is 192 Å². The normalized spacial score (nSPS) is 18.4. The van der Waals surface area contributed by atoms with Crippen molar-refractivity contribution in [2.24, 2.45) is 5.92 Å². The van der Waals surface area contributed by atoms with Crippen molar-refractivity contribution < 1.29 is 9.42 Å². The van der Waals surface area contributed by atoms with Gasteiger partial charge in [-0.2, -0.15) is 0 Å². The second-order valence-electron chi connectivity index (χ2n) is 8.98. The Hall–Kier alpha value is -3.68. The Morgan fingerprint density at radius 3 is 2.61 bits per heavy atom. The lowest BCUT2D eigenvalue weighted by Crippen LogP contribution is -2.34. The van der Waals surface area contributed by atoms with Crippen molar-refractivity contribution in [3.8, 4) is 0 Å². The first-order chi connectivity index (χ1) is 16.1. The summed E-state index contributed by atoms with van der Waals surface area (Å²) in [5.41, 5.74) is 3.99. The third-order valence-corrected chi connectivity index (χ3v) is 6.44. The van der Waals surface area contributed by atoms with E-state index in [4.69, 9.17) is 9.61 Å². The van der Waals surface area contributed by atoms with Crippen molar-refractivity contribution >= 4 is 39.3 Å². The maximum Gasteiger partial charge on any atom is 0.251 e. The molecule has 0 aliphatic heterocycles. The molecule has 1 aliphatic rings. The standard InChI is InChI=1S/C25H28N6O2/c1-31(2)23-14-24(28-20-6-4-3-5-19(20)23)27-18-10-7-16(8-11-18)15-26-25(32)17-9-12-21-22(13-17)30-33-29-21/h3-6,9,12-14,16,18H,7-8,10-11,15H2,1-2H3,(H,26,32)(H,27,28)/t16-,18+. The summed E-state index contributed by atoms with van der Waals surface area (Å²) < 4.78 is 4.70. The summed E-state index contributed by atoms with van der Waals surface area (Å²) in [6.45, 7) is 0.680. The number of rotatable bonds is 6. The molecule has 33 heavy (non-hydrogen) atoms. The monoisotopic (exact) mass is 444 g/mol. The van der Waals surface area contributed by atoms with Gasteiger partial charge in [0.1, 0.15) is 16.9 Å². The zero-order chi connectivity index (χ0) is 22.8. The second kappa shape index (κ2) is 9.05. The predicted molar refractivity (Wildman–Crippen MR) is 130 cm³/mol. The van der Waals surface area contributed by atoms with Gasteiger partial charge < -0.3 is 15.5 Å². The Bertz CT molecular complexity index is 1280. The molecular formula is C25H28N6O2. The maximum atomic E-state index is 12.5. The van der Waals surface area contributed by atoms with Crippen LogP contribution in [0.4, 0.5) is 11.5 Å². The molecule has 0 unspecified atom stereocenters. The molecule has 2 aromatic heterocycles. The van der Waals surface area contributed by atoms with Crippen LogP contribution in [0, 0.1) is 5.92 Å². The van der Waals surface area contributed by atoms with Gasteiger partial charge in [-0.3, -0.25) is 4.79 Å². The van der Waals surface area contributed by atoms with E-state index >= 15 is 0 Å². The van der Waals surface area contributed by atoms with Crippen molar-refractivity contribution in [1.82, 2.24) is 20.6 Å². The fraction of sp³-hybridized carbons (Fsp3) is 0.360. The van der Waals surface area contributed by atoms with Crippen LogP contribution >= 0.6 is 0 Å². The van der Waals surface area contributed by atoms with E-state index in [1.54, 1.807) is 18.2 Å². The lowest BCUT2D eigenvalue weighted by Gasteiger charge is -2.30. The van der Waals surface area contributed by atoms with Crippen molar-refractivity contribution in [3.05, 3.63) is 54.1 Å². The Morgan fingerprint density at radius 2 is 1.79 bits per heavy atom. The first kappa shape index (κ1) is 21.2. The Morgan fingerprint density at radius 1 is 1.00 bits per heavy atom. The molecule has 0 spiro atoms. The molecule has 0 atom stereocenters. The van der Waals surface area contributed by atoms with Gasteiger partial charge in [-0.25, -0.2) is 9.61 Å². The van der Waals surface area contributed by atoms with Gasteiger partial charge >= 0.3 is 0 Å². The number of benzene rings is 2. The number of anilines is 2. The number of hydrogen-bond acceptors (Lipinski definition) is 7. The summed E-state index contributed by atoms with van der Waals surface area (Å²) in [7, 11) is 4.12. The first-order valence-electron chi connectivity index (χ1n) is 11.4. The topological polar surface area (TPSA) is 96.2 Å². The van der Waals surface area contributed by atoms with Crippen LogP contribution in [0.1, 0.15) is 36.0 Å². The molecule has 8 heteroatoms. The number of carbonyl (C=O) groups is 1. The highest BCUT2D eigenvalue weighted by atomic mass is 16.6. The zero-order valence-corrected chi connectivity index (χ0v) is 18.9. The SMILES string of the molecule is CN(C)c1cc(N[C@H]2CC[C@@H](CNC(=O)c3ccc4nonc4c3)CC2)nc2ccccc12. The van der Waals surface area contributed by atoms with Crippen LogP contribution in [-0.2, 0) is 0 Å². The van der Waals surface area contributed by atoms with Crippen molar-refractivity contribution in [2.45, 2.75) is 31.7 Å².